The maximum atomic E-state index is 12.7. The number of benzene rings is 1. The molecule has 0 atom stereocenters. The van der Waals surface area contributed by atoms with Crippen LogP contribution in [-0.4, -0.2) is 11.4 Å². The van der Waals surface area contributed by atoms with Crippen molar-refractivity contribution in [2.75, 3.05) is 0 Å². The van der Waals surface area contributed by atoms with E-state index in [1.54, 1.807) is 13.8 Å². The van der Waals surface area contributed by atoms with Gasteiger partial charge in [-0.25, -0.2) is 0 Å². The predicted molar refractivity (Wildman–Crippen MR) is 64.1 cm³/mol. The number of fused-ring (bicyclic) bond motifs is 1. The van der Waals surface area contributed by atoms with Crippen LogP contribution in [0.2, 0.25) is 0 Å². The number of hydrogen-bond acceptors (Lipinski definition) is 2. The second-order valence-electron chi connectivity index (χ2n) is 4.72. The highest BCUT2D eigenvalue weighted by Crippen LogP contribution is 2.39. The largest absolute Gasteiger partial charge is 0.479 e. The van der Waals surface area contributed by atoms with Crippen LogP contribution in [0.25, 0.3) is 0 Å². The third-order valence-electron chi connectivity index (χ3n) is 3.70. The zero-order valence-corrected chi connectivity index (χ0v) is 10.8. The Morgan fingerprint density at radius 1 is 1.26 bits per heavy atom. The smallest absolute Gasteiger partial charge is 0.416 e. The van der Waals surface area contributed by atoms with Crippen molar-refractivity contribution in [3.05, 3.63) is 29.3 Å². The van der Waals surface area contributed by atoms with E-state index in [4.69, 9.17) is 4.74 Å². The van der Waals surface area contributed by atoms with Crippen molar-refractivity contribution in [3.8, 4) is 5.75 Å². The molecule has 0 amide bonds. The summed E-state index contributed by atoms with van der Waals surface area (Å²) in [4.78, 5) is 12.1. The lowest BCUT2D eigenvalue weighted by molar-refractivity contribution is -0.138. The molecule has 1 heterocycles. The van der Waals surface area contributed by atoms with Gasteiger partial charge in [0.2, 0.25) is 0 Å². The van der Waals surface area contributed by atoms with Crippen LogP contribution in [0, 0.1) is 0 Å². The number of rotatable bonds is 2. The van der Waals surface area contributed by atoms with Gasteiger partial charge in [-0.1, -0.05) is 19.9 Å². The third kappa shape index (κ3) is 2.33. The summed E-state index contributed by atoms with van der Waals surface area (Å²) in [5, 5.41) is 0. The number of hydrogen-bond donors (Lipinski definition) is 0. The van der Waals surface area contributed by atoms with Crippen molar-refractivity contribution in [1.82, 2.24) is 0 Å². The van der Waals surface area contributed by atoms with Crippen molar-refractivity contribution >= 4 is 5.78 Å². The van der Waals surface area contributed by atoms with E-state index in [9.17, 15) is 18.0 Å². The average molecular weight is 272 g/mol. The number of ether oxygens (including phenoxy) is 1. The zero-order valence-electron chi connectivity index (χ0n) is 10.8. The van der Waals surface area contributed by atoms with Gasteiger partial charge in [-0.15, -0.1) is 0 Å². The maximum absolute atomic E-state index is 12.7. The van der Waals surface area contributed by atoms with Gasteiger partial charge >= 0.3 is 6.18 Å². The van der Waals surface area contributed by atoms with E-state index < -0.39 is 17.3 Å². The standard InChI is InChI=1S/C14H15F3O2/c1-3-13(4-2)12(18)7-9-5-6-10(14(15,16)17)8-11(9)19-13/h5-6,8H,3-4,7H2,1-2H3. The first-order valence-corrected chi connectivity index (χ1v) is 6.25. The monoisotopic (exact) mass is 272 g/mol. The lowest BCUT2D eigenvalue weighted by Gasteiger charge is -2.36. The molecule has 0 radical (unpaired) electrons. The molecule has 104 valence electrons. The highest BCUT2D eigenvalue weighted by atomic mass is 19.4. The zero-order chi connectivity index (χ0) is 14.3. The summed E-state index contributed by atoms with van der Waals surface area (Å²) < 4.78 is 43.6. The molecule has 1 aliphatic heterocycles. The summed E-state index contributed by atoms with van der Waals surface area (Å²) in [6.07, 6.45) is -3.36. The molecule has 0 fully saturated rings. The van der Waals surface area contributed by atoms with Crippen LogP contribution >= 0.6 is 0 Å². The van der Waals surface area contributed by atoms with E-state index in [0.717, 1.165) is 12.1 Å². The first-order valence-electron chi connectivity index (χ1n) is 6.25. The van der Waals surface area contributed by atoms with Crippen molar-refractivity contribution in [1.29, 1.82) is 0 Å². The van der Waals surface area contributed by atoms with Crippen molar-refractivity contribution in [2.45, 2.75) is 44.9 Å². The molecular formula is C14H15F3O2. The van der Waals surface area contributed by atoms with Crippen molar-refractivity contribution in [2.24, 2.45) is 0 Å². The van der Waals surface area contributed by atoms with Gasteiger partial charge in [0, 0.05) is 12.0 Å². The average Bonchev–Trinajstić information content (AvgIpc) is 2.36. The molecule has 1 aliphatic rings. The molecule has 1 aromatic carbocycles. The topological polar surface area (TPSA) is 26.3 Å². The Morgan fingerprint density at radius 3 is 2.42 bits per heavy atom. The summed E-state index contributed by atoms with van der Waals surface area (Å²) in [5.41, 5.74) is -1.20. The summed E-state index contributed by atoms with van der Waals surface area (Å²) in [5.74, 6) is 0.114. The van der Waals surface area contributed by atoms with Crippen molar-refractivity contribution in [3.63, 3.8) is 0 Å². The van der Waals surface area contributed by atoms with Gasteiger partial charge in [0.15, 0.2) is 11.4 Å². The molecule has 2 rings (SSSR count). The quantitative estimate of drug-likeness (QED) is 0.819. The Kier molecular flexibility index (Phi) is 3.32. The Hall–Kier alpha value is -1.52. The minimum Gasteiger partial charge on any atom is -0.479 e. The lowest BCUT2D eigenvalue weighted by Crippen LogP contribution is -2.47. The fraction of sp³-hybridized carbons (Fsp3) is 0.500. The minimum absolute atomic E-state index is 0.0650. The number of ketones is 1. The molecule has 0 spiro atoms. The predicted octanol–water partition coefficient (Wildman–Crippen LogP) is 3.77. The van der Waals surface area contributed by atoms with Gasteiger partial charge in [0.05, 0.1) is 5.56 Å². The second kappa shape index (κ2) is 4.54. The molecule has 1 aromatic rings. The van der Waals surface area contributed by atoms with E-state index >= 15 is 0 Å². The molecule has 0 unspecified atom stereocenters. The molecule has 0 bridgehead atoms. The van der Waals surface area contributed by atoms with Crippen LogP contribution in [0.15, 0.2) is 18.2 Å². The van der Waals surface area contributed by atoms with Crippen LogP contribution < -0.4 is 4.74 Å². The number of carbonyl (C=O) groups excluding carboxylic acids is 1. The summed E-state index contributed by atoms with van der Waals surface area (Å²) in [6, 6.07) is 3.30. The van der Waals surface area contributed by atoms with Crippen LogP contribution in [0.3, 0.4) is 0 Å². The molecular weight excluding hydrogens is 257 g/mol. The van der Waals surface area contributed by atoms with E-state index in [2.05, 4.69) is 0 Å². The van der Waals surface area contributed by atoms with Crippen LogP contribution in [0.5, 0.6) is 5.75 Å². The van der Waals surface area contributed by atoms with Crippen molar-refractivity contribution < 1.29 is 22.7 Å². The Labute approximate surface area is 109 Å². The van der Waals surface area contributed by atoms with E-state index in [1.807, 2.05) is 0 Å². The Bertz CT molecular complexity index is 502. The molecule has 0 saturated heterocycles. The van der Waals surface area contributed by atoms with E-state index in [0.29, 0.717) is 18.4 Å². The SMILES string of the molecule is CCC1(CC)Oc2cc(C(F)(F)F)ccc2CC1=O. The number of carbonyl (C=O) groups is 1. The fourth-order valence-electron chi connectivity index (χ4n) is 2.36. The Morgan fingerprint density at radius 2 is 1.89 bits per heavy atom. The summed E-state index contributed by atoms with van der Waals surface area (Å²) in [6.45, 7) is 3.61. The first-order chi connectivity index (χ1) is 8.82. The van der Waals surface area contributed by atoms with Gasteiger partial charge in [-0.2, -0.15) is 13.2 Å². The van der Waals surface area contributed by atoms with Gasteiger partial charge in [-0.3, -0.25) is 4.79 Å². The molecule has 5 heteroatoms. The van der Waals surface area contributed by atoms with E-state index in [-0.39, 0.29) is 18.0 Å². The Balaban J connectivity index is 2.44. The van der Waals surface area contributed by atoms with Crippen LogP contribution in [0.4, 0.5) is 13.2 Å². The summed E-state index contributed by atoms with van der Waals surface area (Å²) >= 11 is 0. The lowest BCUT2D eigenvalue weighted by atomic mass is 9.85. The first kappa shape index (κ1) is 13.9. The third-order valence-corrected chi connectivity index (χ3v) is 3.70. The normalized spacial score (nSPS) is 17.8. The van der Waals surface area contributed by atoms with Crippen LogP contribution in [0.1, 0.15) is 37.8 Å². The fourth-order valence-corrected chi connectivity index (χ4v) is 2.36. The molecule has 2 nitrogen and oxygen atoms in total. The van der Waals surface area contributed by atoms with Gasteiger partial charge in [0.1, 0.15) is 5.75 Å². The number of Topliss-reactive ketones (excluding diaryl/α,β-unsaturated/α-hetero) is 1. The van der Waals surface area contributed by atoms with Crippen LogP contribution in [-0.2, 0) is 17.4 Å². The van der Waals surface area contributed by atoms with Gasteiger partial charge in [-0.05, 0) is 25.0 Å². The molecule has 0 saturated carbocycles. The van der Waals surface area contributed by atoms with E-state index in [1.165, 1.54) is 6.07 Å². The number of halogens is 3. The second-order valence-corrected chi connectivity index (χ2v) is 4.72. The maximum Gasteiger partial charge on any atom is 0.416 e. The minimum atomic E-state index is -4.40. The molecule has 0 aliphatic carbocycles. The molecule has 0 N–H and O–H groups in total. The molecule has 0 aromatic heterocycles. The van der Waals surface area contributed by atoms with Gasteiger partial charge in [0.25, 0.3) is 0 Å². The molecule has 19 heavy (non-hydrogen) atoms. The highest BCUT2D eigenvalue weighted by Gasteiger charge is 2.42. The number of alkyl halides is 3. The highest BCUT2D eigenvalue weighted by molar-refractivity contribution is 5.91. The summed E-state index contributed by atoms with van der Waals surface area (Å²) in [7, 11) is 0. The van der Waals surface area contributed by atoms with Gasteiger partial charge < -0.3 is 4.74 Å².